The van der Waals surface area contributed by atoms with Crippen molar-refractivity contribution in [1.82, 2.24) is 20.1 Å². The Bertz CT molecular complexity index is 1370. The monoisotopic (exact) mass is 458 g/mol. The number of esters is 1. The summed E-state index contributed by atoms with van der Waals surface area (Å²) in [6.07, 6.45) is 2.51. The van der Waals surface area contributed by atoms with Gasteiger partial charge in [0.1, 0.15) is 5.82 Å². The van der Waals surface area contributed by atoms with Crippen LogP contribution in [0.5, 0.6) is 0 Å². The van der Waals surface area contributed by atoms with Crippen LogP contribution in [0.1, 0.15) is 35.7 Å². The molecule has 4 aromatic rings. The molecule has 1 atom stereocenters. The molecule has 8 heteroatoms. The van der Waals surface area contributed by atoms with E-state index in [0.717, 1.165) is 18.4 Å². The molecular weight excluding hydrogens is 435 g/mol. The highest BCUT2D eigenvalue weighted by molar-refractivity contribution is 6.04. The number of nitrogens with one attached hydrogen (secondary N) is 1. The van der Waals surface area contributed by atoms with Crippen molar-refractivity contribution in [2.75, 3.05) is 0 Å². The smallest absolute Gasteiger partial charge is 0.339 e. The van der Waals surface area contributed by atoms with Crippen molar-refractivity contribution in [2.45, 2.75) is 38.5 Å². The van der Waals surface area contributed by atoms with Crippen LogP contribution in [0.3, 0.4) is 0 Å². The number of aromatic nitrogens is 3. The average molecular weight is 458 g/mol. The van der Waals surface area contributed by atoms with Gasteiger partial charge in [-0.3, -0.25) is 4.79 Å². The van der Waals surface area contributed by atoms with Crippen LogP contribution in [-0.2, 0) is 16.1 Å². The Morgan fingerprint density at radius 2 is 1.94 bits per heavy atom. The number of carbonyl (C=O) groups is 2. The molecule has 1 fully saturated rings. The maximum atomic E-state index is 13.7. The molecule has 1 unspecified atom stereocenters. The molecule has 5 rings (SSSR count). The van der Waals surface area contributed by atoms with E-state index in [1.54, 1.807) is 36.0 Å². The van der Waals surface area contributed by atoms with E-state index < -0.39 is 12.1 Å². The standard InChI is InChI=1S/C26H23FN4O3/c1-16(25(32)29-20-10-11-20)34-26(33)21-13-23(18-7-3-2-4-8-18)30-24-22(21)14-28-31(24)15-17-6-5-9-19(27)12-17/h2-9,12-14,16,20H,10-11,15H2,1H3,(H,29,32). The maximum absolute atomic E-state index is 13.7. The molecule has 7 nitrogen and oxygen atoms in total. The number of nitrogens with zero attached hydrogens (tertiary/aromatic N) is 3. The summed E-state index contributed by atoms with van der Waals surface area (Å²) in [7, 11) is 0. The Labute approximate surface area is 195 Å². The first-order chi connectivity index (χ1) is 16.5. The van der Waals surface area contributed by atoms with Crippen LogP contribution < -0.4 is 5.32 Å². The fourth-order valence-electron chi connectivity index (χ4n) is 3.72. The van der Waals surface area contributed by atoms with Crippen LogP contribution >= 0.6 is 0 Å². The van der Waals surface area contributed by atoms with Crippen LogP contribution in [0.25, 0.3) is 22.3 Å². The Balaban J connectivity index is 1.52. The van der Waals surface area contributed by atoms with Crippen LogP contribution in [0.15, 0.2) is 66.9 Å². The molecule has 0 radical (unpaired) electrons. The third-order valence-corrected chi connectivity index (χ3v) is 5.70. The summed E-state index contributed by atoms with van der Waals surface area (Å²) in [6.45, 7) is 1.83. The lowest BCUT2D eigenvalue weighted by atomic mass is 10.1. The lowest BCUT2D eigenvalue weighted by Crippen LogP contribution is -2.37. The number of benzene rings is 2. The summed E-state index contributed by atoms with van der Waals surface area (Å²) in [4.78, 5) is 30.2. The van der Waals surface area contributed by atoms with Crippen molar-refractivity contribution in [3.05, 3.63) is 83.8 Å². The number of halogens is 1. The summed E-state index contributed by atoms with van der Waals surface area (Å²) in [5, 5.41) is 7.75. The quantitative estimate of drug-likeness (QED) is 0.421. The highest BCUT2D eigenvalue weighted by atomic mass is 19.1. The molecule has 1 aliphatic rings. The van der Waals surface area contributed by atoms with Crippen molar-refractivity contribution in [2.24, 2.45) is 0 Å². The molecule has 1 saturated carbocycles. The van der Waals surface area contributed by atoms with E-state index in [2.05, 4.69) is 10.4 Å². The Morgan fingerprint density at radius 1 is 1.15 bits per heavy atom. The summed E-state index contributed by atoms with van der Waals surface area (Å²) in [5.74, 6) is -1.28. The lowest BCUT2D eigenvalue weighted by Gasteiger charge is -2.14. The lowest BCUT2D eigenvalue weighted by molar-refractivity contribution is -0.129. The zero-order chi connectivity index (χ0) is 23.7. The van der Waals surface area contributed by atoms with E-state index in [-0.39, 0.29) is 29.9 Å². The predicted molar refractivity (Wildman–Crippen MR) is 125 cm³/mol. The summed E-state index contributed by atoms with van der Waals surface area (Å²) < 4.78 is 20.8. The van der Waals surface area contributed by atoms with Gasteiger partial charge in [0.15, 0.2) is 11.8 Å². The first-order valence-electron chi connectivity index (χ1n) is 11.2. The largest absolute Gasteiger partial charge is 0.449 e. The maximum Gasteiger partial charge on any atom is 0.339 e. The van der Waals surface area contributed by atoms with Gasteiger partial charge in [-0.25, -0.2) is 18.9 Å². The third kappa shape index (κ3) is 4.66. The summed E-state index contributed by atoms with van der Waals surface area (Å²) >= 11 is 0. The van der Waals surface area contributed by atoms with Gasteiger partial charge in [-0.15, -0.1) is 0 Å². The minimum absolute atomic E-state index is 0.173. The number of fused-ring (bicyclic) bond motifs is 1. The van der Waals surface area contributed by atoms with E-state index in [9.17, 15) is 14.0 Å². The van der Waals surface area contributed by atoms with Crippen LogP contribution in [0.4, 0.5) is 4.39 Å². The minimum atomic E-state index is -0.932. The van der Waals surface area contributed by atoms with Gasteiger partial charge in [0.25, 0.3) is 5.91 Å². The minimum Gasteiger partial charge on any atom is -0.449 e. The van der Waals surface area contributed by atoms with Crippen LogP contribution in [-0.4, -0.2) is 38.8 Å². The van der Waals surface area contributed by atoms with Crippen LogP contribution in [0, 0.1) is 5.82 Å². The normalized spacial score (nSPS) is 14.1. The molecule has 0 aliphatic heterocycles. The van der Waals surface area contributed by atoms with Gasteiger partial charge in [-0.1, -0.05) is 42.5 Å². The van der Waals surface area contributed by atoms with E-state index in [0.29, 0.717) is 22.3 Å². The molecule has 1 amide bonds. The zero-order valence-electron chi connectivity index (χ0n) is 18.6. The topological polar surface area (TPSA) is 86.1 Å². The highest BCUT2D eigenvalue weighted by Crippen LogP contribution is 2.26. The molecular formula is C26H23FN4O3. The van der Waals surface area contributed by atoms with Gasteiger partial charge in [0, 0.05) is 11.6 Å². The molecule has 2 aromatic carbocycles. The van der Waals surface area contributed by atoms with Gasteiger partial charge in [0.05, 0.1) is 29.4 Å². The van der Waals surface area contributed by atoms with Gasteiger partial charge in [0.2, 0.25) is 0 Å². The molecule has 0 saturated heterocycles. The summed E-state index contributed by atoms with van der Waals surface area (Å²) in [6, 6.07) is 17.5. The van der Waals surface area contributed by atoms with Crippen molar-refractivity contribution in [1.29, 1.82) is 0 Å². The third-order valence-electron chi connectivity index (χ3n) is 5.70. The van der Waals surface area contributed by atoms with Crippen molar-refractivity contribution in [3.8, 4) is 11.3 Å². The second kappa shape index (κ2) is 9.05. The Kier molecular flexibility index (Phi) is 5.79. The van der Waals surface area contributed by atoms with Gasteiger partial charge in [-0.05, 0) is 43.5 Å². The number of hydrogen-bond donors (Lipinski definition) is 1. The Hall–Kier alpha value is -4.07. The second-order valence-corrected chi connectivity index (χ2v) is 8.42. The molecule has 172 valence electrons. The molecule has 1 aliphatic carbocycles. The van der Waals surface area contributed by atoms with E-state index >= 15 is 0 Å². The molecule has 1 N–H and O–H groups in total. The molecule has 2 aromatic heterocycles. The van der Waals surface area contributed by atoms with Gasteiger partial charge >= 0.3 is 5.97 Å². The van der Waals surface area contributed by atoms with E-state index in [1.807, 2.05) is 30.3 Å². The number of hydrogen-bond acceptors (Lipinski definition) is 5. The predicted octanol–water partition coefficient (Wildman–Crippen LogP) is 4.11. The fourth-order valence-corrected chi connectivity index (χ4v) is 3.72. The zero-order valence-corrected chi connectivity index (χ0v) is 18.6. The van der Waals surface area contributed by atoms with E-state index in [4.69, 9.17) is 9.72 Å². The number of ether oxygens (including phenoxy) is 1. The summed E-state index contributed by atoms with van der Waals surface area (Å²) in [5.41, 5.74) is 2.83. The van der Waals surface area contributed by atoms with Crippen molar-refractivity contribution < 1.29 is 18.7 Å². The SMILES string of the molecule is CC(OC(=O)c1cc(-c2ccccc2)nc2c1cnn2Cc1cccc(F)c1)C(=O)NC1CC1. The van der Waals surface area contributed by atoms with E-state index in [1.165, 1.54) is 12.1 Å². The van der Waals surface area contributed by atoms with Crippen molar-refractivity contribution >= 4 is 22.9 Å². The highest BCUT2D eigenvalue weighted by Gasteiger charge is 2.28. The molecule has 2 heterocycles. The number of rotatable bonds is 7. The number of carbonyl (C=O) groups excluding carboxylic acids is 2. The first-order valence-corrected chi connectivity index (χ1v) is 11.2. The molecule has 0 bridgehead atoms. The number of pyridine rings is 1. The fraction of sp³-hybridized carbons (Fsp3) is 0.231. The molecule has 0 spiro atoms. The number of amides is 1. The van der Waals surface area contributed by atoms with Crippen molar-refractivity contribution in [3.63, 3.8) is 0 Å². The van der Waals surface area contributed by atoms with Crippen LogP contribution in [0.2, 0.25) is 0 Å². The van der Waals surface area contributed by atoms with Gasteiger partial charge < -0.3 is 10.1 Å². The van der Waals surface area contributed by atoms with Gasteiger partial charge in [-0.2, -0.15) is 5.10 Å². The molecule has 34 heavy (non-hydrogen) atoms. The second-order valence-electron chi connectivity index (χ2n) is 8.42. The Morgan fingerprint density at radius 3 is 2.68 bits per heavy atom. The average Bonchev–Trinajstić information content (AvgIpc) is 3.57. The first kappa shape index (κ1) is 21.8.